The van der Waals surface area contributed by atoms with E-state index in [1.807, 2.05) is 25.1 Å². The summed E-state index contributed by atoms with van der Waals surface area (Å²) in [5, 5.41) is 13.6. The Kier molecular flexibility index (Phi) is 5.98. The lowest BCUT2D eigenvalue weighted by atomic mass is 9.98. The second-order valence-corrected chi connectivity index (χ2v) is 7.36. The molecular weight excluding hydrogens is 385 g/mol. The van der Waals surface area contributed by atoms with Crippen molar-refractivity contribution in [3.63, 3.8) is 0 Å². The molecule has 1 aromatic heterocycles. The van der Waals surface area contributed by atoms with Gasteiger partial charge in [-0.2, -0.15) is 5.26 Å². The topological polar surface area (TPSA) is 92.2 Å². The van der Waals surface area contributed by atoms with Gasteiger partial charge in [-0.3, -0.25) is 19.8 Å². The maximum atomic E-state index is 13.6. The second kappa shape index (κ2) is 8.27. The van der Waals surface area contributed by atoms with Gasteiger partial charge in [-0.05, 0) is 37.9 Å². The van der Waals surface area contributed by atoms with Gasteiger partial charge in [-0.15, -0.1) is 11.6 Å². The molecule has 1 aliphatic heterocycles. The van der Waals surface area contributed by atoms with Crippen molar-refractivity contribution in [2.45, 2.75) is 18.6 Å². The summed E-state index contributed by atoms with van der Waals surface area (Å²) in [6, 6.07) is 6.21. The number of aromatic nitrogens is 1. The second-order valence-electron chi connectivity index (χ2n) is 7.09. The lowest BCUT2D eigenvalue weighted by molar-refractivity contribution is -0.133. The fourth-order valence-corrected chi connectivity index (χ4v) is 3.57. The number of nitriles is 1. The number of hydrogen-bond acceptors (Lipinski definition) is 5. The van der Waals surface area contributed by atoms with E-state index in [1.165, 1.54) is 12.1 Å². The number of carbonyl (C=O) groups excluding carboxylic acids is 1. The largest absolute Gasteiger partial charge is 0.338 e. The zero-order chi connectivity index (χ0) is 20.4. The zero-order valence-electron chi connectivity index (χ0n) is 15.6. The van der Waals surface area contributed by atoms with Crippen LogP contribution in [0.4, 0.5) is 4.39 Å². The highest BCUT2D eigenvalue weighted by Crippen LogP contribution is 2.22. The van der Waals surface area contributed by atoms with Gasteiger partial charge in [-0.25, -0.2) is 4.39 Å². The van der Waals surface area contributed by atoms with E-state index in [4.69, 9.17) is 11.6 Å². The van der Waals surface area contributed by atoms with Gasteiger partial charge in [0.05, 0.1) is 11.7 Å². The van der Waals surface area contributed by atoms with E-state index in [9.17, 15) is 19.2 Å². The molecule has 1 aromatic carbocycles. The van der Waals surface area contributed by atoms with E-state index in [0.29, 0.717) is 36.0 Å². The maximum absolute atomic E-state index is 13.6. The molecule has 2 N–H and O–H groups in total. The van der Waals surface area contributed by atoms with Gasteiger partial charge in [0, 0.05) is 30.9 Å². The number of H-pyrrole nitrogens is 1. The number of amides is 1. The summed E-state index contributed by atoms with van der Waals surface area (Å²) in [5.41, 5.74) is 0.426. The number of nitrogens with zero attached hydrogens (tertiary/aromatic N) is 3. The van der Waals surface area contributed by atoms with E-state index in [2.05, 4.69) is 10.3 Å². The molecule has 0 aliphatic carbocycles. The number of benzene rings is 1. The van der Waals surface area contributed by atoms with Crippen molar-refractivity contribution in [3.05, 3.63) is 45.5 Å². The third-order valence-corrected chi connectivity index (χ3v) is 5.22. The number of fused-ring (bicyclic) bond motifs is 1. The quantitative estimate of drug-likeness (QED) is 0.552. The fraction of sp³-hybridized carbons (Fsp3) is 0.421. The number of pyridine rings is 1. The van der Waals surface area contributed by atoms with Crippen molar-refractivity contribution < 1.29 is 9.18 Å². The Bertz CT molecular complexity index is 994. The molecule has 1 fully saturated rings. The summed E-state index contributed by atoms with van der Waals surface area (Å²) in [6.07, 6.45) is 0.197. The fourth-order valence-electron chi connectivity index (χ4n) is 3.40. The van der Waals surface area contributed by atoms with Crippen LogP contribution in [0.5, 0.6) is 0 Å². The first kappa shape index (κ1) is 20.3. The van der Waals surface area contributed by atoms with Gasteiger partial charge in [-0.1, -0.05) is 0 Å². The molecule has 0 bridgehead atoms. The number of likely N-dealkylation sites (N-methyl/N-ethyl adjacent to an activating group) is 1. The van der Waals surface area contributed by atoms with Crippen LogP contribution in [0.3, 0.4) is 0 Å². The molecule has 1 atom stereocenters. The Hall–Kier alpha value is -2.47. The van der Waals surface area contributed by atoms with Crippen molar-refractivity contribution in [1.82, 2.24) is 20.1 Å². The molecule has 7 nitrogen and oxygen atoms in total. The molecule has 1 aliphatic rings. The van der Waals surface area contributed by atoms with Crippen LogP contribution >= 0.6 is 11.6 Å². The molecule has 28 heavy (non-hydrogen) atoms. The number of alkyl halides is 1. The predicted molar refractivity (Wildman–Crippen MR) is 105 cm³/mol. The lowest BCUT2D eigenvalue weighted by Crippen LogP contribution is -2.64. The van der Waals surface area contributed by atoms with Crippen molar-refractivity contribution in [2.24, 2.45) is 0 Å². The van der Waals surface area contributed by atoms with Crippen LogP contribution in [0, 0.1) is 17.1 Å². The molecule has 0 spiro atoms. The number of likely N-dealkylation sites (tertiary alicyclic amines) is 1. The van der Waals surface area contributed by atoms with Crippen molar-refractivity contribution in [1.29, 1.82) is 5.26 Å². The summed E-state index contributed by atoms with van der Waals surface area (Å²) in [7, 11) is 3.78. The molecule has 0 radical (unpaired) electrons. The van der Waals surface area contributed by atoms with Gasteiger partial charge in [0.1, 0.15) is 23.3 Å². The Balaban J connectivity index is 1.88. The third kappa shape index (κ3) is 4.02. The predicted octanol–water partition coefficient (Wildman–Crippen LogP) is 1.01. The monoisotopic (exact) mass is 405 g/mol. The number of aromatic amines is 1. The van der Waals surface area contributed by atoms with Gasteiger partial charge in [0.25, 0.3) is 5.56 Å². The molecule has 2 heterocycles. The SMILES string of the molecule is CN(C)C(Cc1c(C#N)c(=O)[nH]c2cc(F)ccc12)NC1CN(C(=O)CCl)C1. The normalized spacial score (nSPS) is 15.5. The minimum Gasteiger partial charge on any atom is -0.338 e. The molecule has 9 heteroatoms. The molecular formula is C19H21ClFN5O2. The average Bonchev–Trinajstić information content (AvgIpc) is 2.61. The van der Waals surface area contributed by atoms with Crippen molar-refractivity contribution in [2.75, 3.05) is 33.1 Å². The van der Waals surface area contributed by atoms with E-state index < -0.39 is 11.4 Å². The van der Waals surface area contributed by atoms with Crippen molar-refractivity contribution >= 4 is 28.4 Å². The highest BCUT2D eigenvalue weighted by atomic mass is 35.5. The minimum absolute atomic E-state index is 0.0281. The number of hydrogen-bond donors (Lipinski definition) is 2. The van der Waals surface area contributed by atoms with Crippen LogP contribution in [-0.4, -0.2) is 66.0 Å². The lowest BCUT2D eigenvalue weighted by Gasteiger charge is -2.42. The van der Waals surface area contributed by atoms with Crippen LogP contribution in [0.1, 0.15) is 11.1 Å². The van der Waals surface area contributed by atoms with Crippen LogP contribution in [0.2, 0.25) is 0 Å². The first-order valence-corrected chi connectivity index (χ1v) is 9.38. The molecule has 148 valence electrons. The average molecular weight is 406 g/mol. The standard InChI is InChI=1S/C19H21ClFN5O2/c1-25(2)17(23-12-9-26(10-12)18(27)7-20)6-14-13-4-3-11(21)5-16(13)24-19(28)15(14)8-22/h3-5,12,17,23H,6-7,9-10H2,1-2H3,(H,24,28). The third-order valence-electron chi connectivity index (χ3n) is 4.99. The minimum atomic E-state index is -0.532. The Morgan fingerprint density at radius 2 is 2.21 bits per heavy atom. The van der Waals surface area contributed by atoms with Crippen LogP contribution in [0.25, 0.3) is 10.9 Å². The van der Waals surface area contributed by atoms with Crippen LogP contribution in [-0.2, 0) is 11.2 Å². The van der Waals surface area contributed by atoms with Crippen molar-refractivity contribution in [3.8, 4) is 6.07 Å². The van der Waals surface area contributed by atoms with E-state index in [-0.39, 0.29) is 29.6 Å². The summed E-state index contributed by atoms with van der Waals surface area (Å²) < 4.78 is 13.6. The summed E-state index contributed by atoms with van der Waals surface area (Å²) >= 11 is 5.58. The van der Waals surface area contributed by atoms with E-state index in [1.54, 1.807) is 11.0 Å². The number of carbonyl (C=O) groups is 1. The van der Waals surface area contributed by atoms with E-state index in [0.717, 1.165) is 0 Å². The van der Waals surface area contributed by atoms with E-state index >= 15 is 0 Å². The van der Waals surface area contributed by atoms with Gasteiger partial charge < -0.3 is 9.88 Å². The molecule has 1 unspecified atom stereocenters. The highest BCUT2D eigenvalue weighted by molar-refractivity contribution is 6.27. The summed E-state index contributed by atoms with van der Waals surface area (Å²) in [6.45, 7) is 1.12. The Morgan fingerprint density at radius 3 is 2.82 bits per heavy atom. The molecule has 1 amide bonds. The summed E-state index contributed by atoms with van der Waals surface area (Å²) in [4.78, 5) is 30.1. The molecule has 1 saturated heterocycles. The molecule has 0 saturated carbocycles. The molecule has 2 aromatic rings. The highest BCUT2D eigenvalue weighted by Gasteiger charge is 2.32. The smallest absolute Gasteiger partial charge is 0.266 e. The number of rotatable bonds is 6. The maximum Gasteiger partial charge on any atom is 0.266 e. The van der Waals surface area contributed by atoms with Gasteiger partial charge in [0.2, 0.25) is 5.91 Å². The molecule has 3 rings (SSSR count). The number of nitrogens with one attached hydrogen (secondary N) is 2. The Morgan fingerprint density at radius 1 is 1.50 bits per heavy atom. The van der Waals surface area contributed by atoms with Crippen LogP contribution < -0.4 is 10.9 Å². The first-order valence-electron chi connectivity index (χ1n) is 8.84. The zero-order valence-corrected chi connectivity index (χ0v) is 16.4. The summed E-state index contributed by atoms with van der Waals surface area (Å²) in [5.74, 6) is -0.597. The Labute approximate surface area is 166 Å². The first-order chi connectivity index (χ1) is 13.3. The number of halogens is 2. The van der Waals surface area contributed by atoms with Gasteiger partial charge in [0.15, 0.2) is 0 Å². The van der Waals surface area contributed by atoms with Crippen LogP contribution in [0.15, 0.2) is 23.0 Å². The van der Waals surface area contributed by atoms with Gasteiger partial charge >= 0.3 is 0 Å².